The maximum Gasteiger partial charge on any atom is 0.279 e. The van der Waals surface area contributed by atoms with Gasteiger partial charge >= 0.3 is 0 Å². The second-order valence-electron chi connectivity index (χ2n) is 5.54. The third-order valence-electron chi connectivity index (χ3n) is 3.45. The van der Waals surface area contributed by atoms with E-state index in [-0.39, 0.29) is 6.04 Å². The van der Waals surface area contributed by atoms with Gasteiger partial charge < -0.3 is 5.32 Å². The van der Waals surface area contributed by atoms with Crippen LogP contribution in [0.2, 0.25) is 0 Å². The van der Waals surface area contributed by atoms with E-state index in [4.69, 9.17) is 0 Å². The predicted molar refractivity (Wildman–Crippen MR) is 94.6 cm³/mol. The molecule has 0 radical (unpaired) electrons. The Kier molecular flexibility index (Phi) is 6.15. The van der Waals surface area contributed by atoms with Crippen molar-refractivity contribution < 1.29 is 8.42 Å². The minimum atomic E-state index is -3.48. The summed E-state index contributed by atoms with van der Waals surface area (Å²) in [4.78, 5) is 0. The van der Waals surface area contributed by atoms with Crippen LogP contribution in [0.25, 0.3) is 0 Å². The zero-order valence-electron chi connectivity index (χ0n) is 13.4. The summed E-state index contributed by atoms with van der Waals surface area (Å²) >= 11 is 0. The average Bonchev–Trinajstić information content (AvgIpc) is 2.54. The maximum atomic E-state index is 12.1. The lowest BCUT2D eigenvalue weighted by atomic mass is 10.1. The van der Waals surface area contributed by atoms with Crippen LogP contribution >= 0.6 is 0 Å². The predicted octanol–water partition coefficient (Wildman–Crippen LogP) is 2.11. The Bertz CT molecular complexity index is 688. The van der Waals surface area contributed by atoms with Crippen molar-refractivity contribution in [3.63, 3.8) is 0 Å². The highest BCUT2D eigenvalue weighted by Gasteiger charge is 2.20. The summed E-state index contributed by atoms with van der Waals surface area (Å²) in [5, 5.41) is 3.28. The molecule has 2 rings (SSSR count). The van der Waals surface area contributed by atoms with Crippen LogP contribution in [0.4, 0.5) is 5.69 Å². The van der Waals surface area contributed by atoms with Gasteiger partial charge in [0, 0.05) is 32.4 Å². The van der Waals surface area contributed by atoms with Crippen molar-refractivity contribution in [2.75, 3.05) is 26.0 Å². The van der Waals surface area contributed by atoms with E-state index in [0.717, 1.165) is 11.3 Å². The number of para-hydroxylation sites is 1. The van der Waals surface area contributed by atoms with Crippen molar-refractivity contribution in [3.05, 3.63) is 66.2 Å². The average molecular weight is 333 g/mol. The minimum absolute atomic E-state index is 0.245. The zero-order chi connectivity index (χ0) is 16.7. The van der Waals surface area contributed by atoms with Crippen LogP contribution in [-0.2, 0) is 16.6 Å². The highest BCUT2D eigenvalue weighted by Crippen LogP contribution is 2.09. The fourth-order valence-electron chi connectivity index (χ4n) is 2.17. The smallest absolute Gasteiger partial charge is 0.279 e. The van der Waals surface area contributed by atoms with Gasteiger partial charge in [-0.1, -0.05) is 48.5 Å². The fourth-order valence-corrected chi connectivity index (χ4v) is 2.97. The normalized spacial score (nSPS) is 13.0. The Morgan fingerprint density at radius 3 is 2.09 bits per heavy atom. The first-order valence-corrected chi connectivity index (χ1v) is 8.94. The fraction of sp³-hybridized carbons (Fsp3) is 0.294. The molecular formula is C17H23N3O2S. The van der Waals surface area contributed by atoms with Crippen LogP contribution in [0.3, 0.4) is 0 Å². The molecule has 0 heterocycles. The second kappa shape index (κ2) is 8.10. The van der Waals surface area contributed by atoms with Crippen molar-refractivity contribution in [1.29, 1.82) is 0 Å². The van der Waals surface area contributed by atoms with E-state index in [1.165, 1.54) is 18.4 Å². The minimum Gasteiger partial charge on any atom is -0.383 e. The van der Waals surface area contributed by atoms with Crippen LogP contribution in [0.15, 0.2) is 60.7 Å². The summed E-state index contributed by atoms with van der Waals surface area (Å²) in [7, 11) is -0.438. The molecule has 2 aromatic rings. The molecule has 0 saturated heterocycles. The Labute approximate surface area is 138 Å². The Hall–Kier alpha value is -1.89. The molecule has 6 heteroatoms. The quantitative estimate of drug-likeness (QED) is 0.778. The highest BCUT2D eigenvalue weighted by atomic mass is 32.2. The summed E-state index contributed by atoms with van der Waals surface area (Å²) in [5.41, 5.74) is 2.06. The van der Waals surface area contributed by atoms with Crippen molar-refractivity contribution >= 4 is 15.9 Å². The number of anilines is 1. The van der Waals surface area contributed by atoms with E-state index in [1.54, 1.807) is 0 Å². The van der Waals surface area contributed by atoms with Gasteiger partial charge in [0.25, 0.3) is 10.2 Å². The van der Waals surface area contributed by atoms with Crippen molar-refractivity contribution in [2.45, 2.75) is 12.5 Å². The molecule has 23 heavy (non-hydrogen) atoms. The third-order valence-corrected chi connectivity index (χ3v) is 5.04. The van der Waals surface area contributed by atoms with Crippen molar-refractivity contribution in [1.82, 2.24) is 9.03 Å². The molecule has 124 valence electrons. The zero-order valence-corrected chi connectivity index (χ0v) is 14.3. The Morgan fingerprint density at radius 1 is 0.957 bits per heavy atom. The van der Waals surface area contributed by atoms with E-state index in [9.17, 15) is 8.42 Å². The number of hydrogen-bond acceptors (Lipinski definition) is 3. The molecule has 0 aliphatic heterocycles. The first-order valence-electron chi connectivity index (χ1n) is 7.50. The monoisotopic (exact) mass is 333 g/mol. The Morgan fingerprint density at radius 2 is 1.52 bits per heavy atom. The highest BCUT2D eigenvalue weighted by molar-refractivity contribution is 7.87. The molecule has 0 unspecified atom stereocenters. The lowest BCUT2D eigenvalue weighted by molar-refractivity contribution is 0.487. The molecule has 0 aromatic heterocycles. The molecular weight excluding hydrogens is 310 g/mol. The van der Waals surface area contributed by atoms with E-state index < -0.39 is 10.2 Å². The summed E-state index contributed by atoms with van der Waals surface area (Å²) in [5.74, 6) is 0. The first kappa shape index (κ1) is 17.5. The van der Waals surface area contributed by atoms with Crippen molar-refractivity contribution in [3.8, 4) is 0 Å². The van der Waals surface area contributed by atoms with E-state index in [2.05, 4.69) is 10.0 Å². The first-order chi connectivity index (χ1) is 11.0. The molecule has 2 N–H and O–H groups in total. The van der Waals surface area contributed by atoms with Crippen LogP contribution in [-0.4, -0.2) is 39.4 Å². The van der Waals surface area contributed by atoms with Gasteiger partial charge in [0.2, 0.25) is 0 Å². The molecule has 1 atom stereocenters. The lowest BCUT2D eigenvalue weighted by Gasteiger charge is -2.22. The molecule has 0 amide bonds. The molecule has 0 aliphatic carbocycles. The lowest BCUT2D eigenvalue weighted by Crippen LogP contribution is -2.46. The molecule has 0 fully saturated rings. The van der Waals surface area contributed by atoms with E-state index in [0.29, 0.717) is 13.0 Å². The largest absolute Gasteiger partial charge is 0.383 e. The summed E-state index contributed by atoms with van der Waals surface area (Å²) in [6, 6.07) is 19.4. The topological polar surface area (TPSA) is 61.4 Å². The van der Waals surface area contributed by atoms with E-state index >= 15 is 0 Å². The van der Waals surface area contributed by atoms with Gasteiger partial charge in [0.05, 0.1) is 0 Å². The molecule has 0 bridgehead atoms. The van der Waals surface area contributed by atoms with Gasteiger partial charge in [-0.25, -0.2) is 0 Å². The van der Waals surface area contributed by atoms with Crippen LogP contribution in [0, 0.1) is 0 Å². The summed E-state index contributed by atoms with van der Waals surface area (Å²) in [6.45, 7) is 0.506. The molecule has 2 aromatic carbocycles. The number of rotatable bonds is 8. The number of hydrogen-bond donors (Lipinski definition) is 2. The maximum absolute atomic E-state index is 12.1. The van der Waals surface area contributed by atoms with Crippen molar-refractivity contribution in [2.24, 2.45) is 0 Å². The molecule has 0 spiro atoms. The van der Waals surface area contributed by atoms with Gasteiger partial charge in [0.1, 0.15) is 0 Å². The second-order valence-corrected chi connectivity index (χ2v) is 7.45. The summed E-state index contributed by atoms with van der Waals surface area (Å²) in [6.07, 6.45) is 0.619. The third kappa shape index (κ3) is 5.67. The van der Waals surface area contributed by atoms with E-state index in [1.807, 2.05) is 60.7 Å². The van der Waals surface area contributed by atoms with Gasteiger partial charge in [-0.2, -0.15) is 17.4 Å². The molecule has 0 saturated carbocycles. The SMILES string of the molecule is CN(C)S(=O)(=O)N[C@H](CNc1ccccc1)Cc1ccccc1. The number of nitrogens with one attached hydrogen (secondary N) is 2. The van der Waals surface area contributed by atoms with Gasteiger partial charge in [-0.15, -0.1) is 0 Å². The van der Waals surface area contributed by atoms with Crippen LogP contribution in [0.5, 0.6) is 0 Å². The number of nitrogens with zero attached hydrogens (tertiary/aromatic N) is 1. The number of benzene rings is 2. The van der Waals surface area contributed by atoms with Gasteiger partial charge in [0.15, 0.2) is 0 Å². The molecule has 0 aliphatic rings. The standard InChI is InChI=1S/C17H23N3O2S/c1-20(2)23(21,22)19-17(13-15-9-5-3-6-10-15)14-18-16-11-7-4-8-12-16/h3-12,17-19H,13-14H2,1-2H3/t17-/m0/s1. The van der Waals surface area contributed by atoms with Gasteiger partial charge in [-0.3, -0.25) is 0 Å². The van der Waals surface area contributed by atoms with Crippen LogP contribution in [0.1, 0.15) is 5.56 Å². The molecule has 5 nitrogen and oxygen atoms in total. The van der Waals surface area contributed by atoms with Crippen LogP contribution < -0.4 is 10.0 Å². The Balaban J connectivity index is 2.07. The van der Waals surface area contributed by atoms with Gasteiger partial charge in [-0.05, 0) is 24.1 Å². The summed E-state index contributed by atoms with van der Waals surface area (Å²) < 4.78 is 28.2.